The zero-order valence-corrected chi connectivity index (χ0v) is 18.2. The van der Waals surface area contributed by atoms with Gasteiger partial charge in [-0.2, -0.15) is 0 Å². The van der Waals surface area contributed by atoms with Crippen molar-refractivity contribution in [1.29, 1.82) is 0 Å². The second-order valence-corrected chi connectivity index (χ2v) is 10.9. The first kappa shape index (κ1) is 21.1. The summed E-state index contributed by atoms with van der Waals surface area (Å²) >= 11 is 0. The van der Waals surface area contributed by atoms with Crippen LogP contribution in [0.5, 0.6) is 0 Å². The Morgan fingerprint density at radius 3 is 2.66 bits per heavy atom. The summed E-state index contributed by atoms with van der Waals surface area (Å²) in [4.78, 5) is 23.4. The van der Waals surface area contributed by atoms with Crippen LogP contribution in [0.15, 0.2) is 11.6 Å². The van der Waals surface area contributed by atoms with Gasteiger partial charge in [-0.25, -0.2) is 0 Å². The van der Waals surface area contributed by atoms with Gasteiger partial charge in [0.1, 0.15) is 0 Å². The van der Waals surface area contributed by atoms with Gasteiger partial charge < -0.3 is 10.2 Å². The Morgan fingerprint density at radius 1 is 1.14 bits per heavy atom. The highest BCUT2D eigenvalue weighted by Crippen LogP contribution is 2.68. The van der Waals surface area contributed by atoms with Gasteiger partial charge in [0, 0.05) is 19.4 Å². The molecule has 0 saturated heterocycles. The molecule has 0 bridgehead atoms. The summed E-state index contributed by atoms with van der Waals surface area (Å²) in [5.74, 6) is 2.67. The van der Waals surface area contributed by atoms with Crippen LogP contribution in [0.4, 0.5) is 0 Å². The van der Waals surface area contributed by atoms with Gasteiger partial charge in [-0.1, -0.05) is 19.4 Å². The van der Waals surface area contributed by atoms with Crippen LogP contribution in [0.2, 0.25) is 0 Å². The highest BCUT2D eigenvalue weighted by atomic mass is 16.4. The molecule has 4 nitrogen and oxygen atoms in total. The molecular weight excluding hydrogens is 364 g/mol. The monoisotopic (exact) mass is 402 g/mol. The quantitative estimate of drug-likeness (QED) is 0.656. The summed E-state index contributed by atoms with van der Waals surface area (Å²) in [5, 5.41) is 18.7. The number of hydrogen-bond donors (Lipinski definition) is 2. The van der Waals surface area contributed by atoms with E-state index in [1.165, 1.54) is 31.3 Å². The lowest BCUT2D eigenvalue weighted by Gasteiger charge is -2.60. The summed E-state index contributed by atoms with van der Waals surface area (Å²) < 4.78 is 0. The lowest BCUT2D eigenvalue weighted by atomic mass is 9.44. The van der Waals surface area contributed by atoms with Gasteiger partial charge in [-0.15, -0.1) is 0 Å². The van der Waals surface area contributed by atoms with Crippen molar-refractivity contribution in [2.24, 2.45) is 40.4 Å². The molecule has 0 heterocycles. The van der Waals surface area contributed by atoms with Crippen LogP contribution in [0.1, 0.15) is 84.5 Å². The third-order valence-corrected chi connectivity index (χ3v) is 9.77. The summed E-state index contributed by atoms with van der Waals surface area (Å²) in [6.45, 7) is 5.12. The molecule has 29 heavy (non-hydrogen) atoms. The van der Waals surface area contributed by atoms with Gasteiger partial charge in [0.25, 0.3) is 0 Å². The molecule has 7 atom stereocenters. The zero-order chi connectivity index (χ0) is 20.8. The van der Waals surface area contributed by atoms with E-state index in [-0.39, 0.29) is 17.4 Å². The highest BCUT2D eigenvalue weighted by Gasteiger charge is 2.60. The van der Waals surface area contributed by atoms with Crippen molar-refractivity contribution in [1.82, 2.24) is 0 Å². The largest absolute Gasteiger partial charge is 0.481 e. The van der Waals surface area contributed by atoms with E-state index in [0.29, 0.717) is 48.2 Å². The SMILES string of the molecule is C[C@]12CC[C@H]3[C@@H](C(CCCO)CC4=CC(=O)CC[C@@]43C)[C@@H]1CC[C@@H]2CCC(=O)O. The summed E-state index contributed by atoms with van der Waals surface area (Å²) in [6.07, 6.45) is 12.5. The highest BCUT2D eigenvalue weighted by molar-refractivity contribution is 5.91. The standard InChI is InChI=1S/C25H38O4/c1-24-12-10-21-23(20(24)7-5-17(24)6-8-22(28)29)16(4-3-13-26)14-18-15-19(27)9-11-25(18,21)2/h15-17,20-21,23,26H,3-14H2,1-2H3,(H,28,29)/t16?,17-,20+,21+,23+,24-,25+/m1/s1. The summed E-state index contributed by atoms with van der Waals surface area (Å²) in [7, 11) is 0. The van der Waals surface area contributed by atoms with Gasteiger partial charge in [0.05, 0.1) is 0 Å². The van der Waals surface area contributed by atoms with Crippen LogP contribution in [-0.4, -0.2) is 28.6 Å². The van der Waals surface area contributed by atoms with Crippen LogP contribution in [0.3, 0.4) is 0 Å². The minimum absolute atomic E-state index is 0.161. The molecule has 0 spiro atoms. The Bertz CT molecular complexity index is 697. The molecule has 3 saturated carbocycles. The Morgan fingerprint density at radius 2 is 1.93 bits per heavy atom. The van der Waals surface area contributed by atoms with E-state index >= 15 is 0 Å². The Kier molecular flexibility index (Phi) is 5.69. The van der Waals surface area contributed by atoms with E-state index in [0.717, 1.165) is 32.1 Å². The van der Waals surface area contributed by atoms with Gasteiger partial charge in [-0.3, -0.25) is 9.59 Å². The average molecular weight is 403 g/mol. The summed E-state index contributed by atoms with van der Waals surface area (Å²) in [5.41, 5.74) is 1.81. The van der Waals surface area contributed by atoms with Crippen molar-refractivity contribution in [3.63, 3.8) is 0 Å². The minimum atomic E-state index is -0.668. The fourth-order valence-electron chi connectivity index (χ4n) is 8.23. The number of carboxylic acid groups (broad SMARTS) is 1. The van der Waals surface area contributed by atoms with E-state index in [9.17, 15) is 19.8 Å². The molecule has 0 radical (unpaired) electrons. The maximum Gasteiger partial charge on any atom is 0.303 e. The van der Waals surface area contributed by atoms with Crippen molar-refractivity contribution in [2.75, 3.05) is 6.61 Å². The van der Waals surface area contributed by atoms with Crippen LogP contribution >= 0.6 is 0 Å². The smallest absolute Gasteiger partial charge is 0.303 e. The number of allylic oxidation sites excluding steroid dienone is 1. The topological polar surface area (TPSA) is 74.6 Å². The number of aliphatic hydroxyl groups is 1. The molecule has 0 aliphatic heterocycles. The van der Waals surface area contributed by atoms with Gasteiger partial charge in [-0.05, 0) is 104 Å². The molecule has 4 rings (SSSR count). The molecule has 2 N–H and O–H groups in total. The van der Waals surface area contributed by atoms with Crippen molar-refractivity contribution in [2.45, 2.75) is 84.5 Å². The van der Waals surface area contributed by atoms with Crippen LogP contribution in [0.25, 0.3) is 0 Å². The van der Waals surface area contributed by atoms with Crippen LogP contribution in [-0.2, 0) is 9.59 Å². The number of rotatable bonds is 6. The number of carbonyl (C=O) groups is 2. The summed E-state index contributed by atoms with van der Waals surface area (Å²) in [6, 6.07) is 0. The van der Waals surface area contributed by atoms with E-state index in [1.807, 2.05) is 6.08 Å². The molecule has 0 aromatic carbocycles. The van der Waals surface area contributed by atoms with Gasteiger partial charge in [0.15, 0.2) is 5.78 Å². The van der Waals surface area contributed by atoms with Gasteiger partial charge >= 0.3 is 5.97 Å². The fraction of sp³-hybridized carbons (Fsp3) is 0.840. The average Bonchev–Trinajstić information content (AvgIpc) is 3.01. The lowest BCUT2D eigenvalue weighted by molar-refractivity contribution is -0.138. The number of carbonyl (C=O) groups excluding carboxylic acids is 1. The van der Waals surface area contributed by atoms with Gasteiger partial charge in [0.2, 0.25) is 0 Å². The third kappa shape index (κ3) is 3.49. The molecular formula is C25H38O4. The Balaban J connectivity index is 1.65. The van der Waals surface area contributed by atoms with E-state index in [4.69, 9.17) is 0 Å². The van der Waals surface area contributed by atoms with E-state index in [2.05, 4.69) is 13.8 Å². The molecule has 4 aliphatic rings. The van der Waals surface area contributed by atoms with Crippen molar-refractivity contribution in [3.8, 4) is 0 Å². The van der Waals surface area contributed by atoms with E-state index < -0.39 is 5.97 Å². The molecule has 162 valence electrons. The molecule has 3 fully saturated rings. The number of hydrogen-bond acceptors (Lipinski definition) is 3. The molecule has 4 aliphatic carbocycles. The molecule has 4 heteroatoms. The second kappa shape index (κ2) is 7.83. The van der Waals surface area contributed by atoms with Crippen LogP contribution in [0, 0.1) is 40.4 Å². The Hall–Kier alpha value is -1.16. The van der Waals surface area contributed by atoms with Crippen LogP contribution < -0.4 is 0 Å². The predicted molar refractivity (Wildman–Crippen MR) is 112 cm³/mol. The number of ketones is 1. The minimum Gasteiger partial charge on any atom is -0.481 e. The maximum absolute atomic E-state index is 12.2. The lowest BCUT2D eigenvalue weighted by Crippen LogP contribution is -2.53. The predicted octanol–water partition coefficient (Wildman–Crippen LogP) is 5.00. The molecule has 0 amide bonds. The first-order valence-electron chi connectivity index (χ1n) is 11.9. The molecule has 1 unspecified atom stereocenters. The first-order valence-corrected chi connectivity index (χ1v) is 11.9. The first-order chi connectivity index (χ1) is 13.8. The molecule has 0 aromatic rings. The number of carboxylic acids is 1. The zero-order valence-electron chi connectivity index (χ0n) is 18.2. The van der Waals surface area contributed by atoms with Crippen molar-refractivity contribution in [3.05, 3.63) is 11.6 Å². The van der Waals surface area contributed by atoms with Crippen molar-refractivity contribution >= 4 is 11.8 Å². The second-order valence-electron chi connectivity index (χ2n) is 10.9. The Labute approximate surface area is 175 Å². The number of aliphatic carboxylic acids is 1. The number of aliphatic hydroxyl groups excluding tert-OH is 1. The normalized spacial score (nSPS) is 43.9. The van der Waals surface area contributed by atoms with Crippen molar-refractivity contribution < 1.29 is 19.8 Å². The third-order valence-electron chi connectivity index (χ3n) is 9.77. The maximum atomic E-state index is 12.2. The van der Waals surface area contributed by atoms with E-state index in [1.54, 1.807) is 0 Å². The fourth-order valence-corrected chi connectivity index (χ4v) is 8.23. The molecule has 0 aromatic heterocycles. The number of fused-ring (bicyclic) bond motifs is 5.